The summed E-state index contributed by atoms with van der Waals surface area (Å²) in [6, 6.07) is 5.02. The number of allylic oxidation sites excluding steroid dienone is 1. The summed E-state index contributed by atoms with van der Waals surface area (Å²) in [6.07, 6.45) is 26.0. The molecule has 13 nitrogen and oxygen atoms in total. The molecular weight excluding hydrogens is 763 g/mol. The molecule has 0 saturated carbocycles. The molecule has 1 unspecified atom stereocenters. The van der Waals surface area contributed by atoms with E-state index in [1.54, 1.807) is 38.1 Å². The minimum Gasteiger partial charge on any atom is -0.508 e. The van der Waals surface area contributed by atoms with Crippen LogP contribution in [0.25, 0.3) is 0 Å². The van der Waals surface area contributed by atoms with Gasteiger partial charge in [0.05, 0.1) is 13.0 Å². The third-order valence-electron chi connectivity index (χ3n) is 11.4. The minimum atomic E-state index is -1.22. The monoisotopic (exact) mass is 840 g/mol. The lowest BCUT2D eigenvalue weighted by Crippen LogP contribution is -2.57. The van der Waals surface area contributed by atoms with Crippen LogP contribution in [-0.2, 0) is 33.4 Å². The van der Waals surface area contributed by atoms with E-state index in [0.717, 1.165) is 25.7 Å². The number of aromatic hydroxyl groups is 1. The van der Waals surface area contributed by atoms with Crippen molar-refractivity contribution in [1.82, 2.24) is 26.6 Å². The molecule has 0 aliphatic carbocycles. The topological polar surface area (TPSA) is 184 Å². The van der Waals surface area contributed by atoms with Gasteiger partial charge in [0.1, 0.15) is 35.7 Å². The SMILES string of the molecule is CCCCCCCCCCCCCCCCC/C=C\C(=O)NCCCC[C@H](NC(=O)[C@]1(C)COC(c2ccccc2O)N1)C(=O)O[C@H](C)CC(=O)N[C@H]1CCCCNC1=O. The van der Waals surface area contributed by atoms with Gasteiger partial charge in [-0.05, 0) is 77.4 Å². The number of rotatable bonds is 30. The zero-order chi connectivity index (χ0) is 43.4. The van der Waals surface area contributed by atoms with E-state index in [-0.39, 0.29) is 37.0 Å². The van der Waals surface area contributed by atoms with Gasteiger partial charge in [-0.15, -0.1) is 0 Å². The van der Waals surface area contributed by atoms with Crippen LogP contribution >= 0.6 is 0 Å². The smallest absolute Gasteiger partial charge is 0.328 e. The lowest BCUT2D eigenvalue weighted by Gasteiger charge is -2.27. The maximum Gasteiger partial charge on any atom is 0.328 e. The van der Waals surface area contributed by atoms with Crippen molar-refractivity contribution in [3.05, 3.63) is 42.0 Å². The van der Waals surface area contributed by atoms with Crippen molar-refractivity contribution >= 4 is 29.6 Å². The molecule has 2 heterocycles. The van der Waals surface area contributed by atoms with Gasteiger partial charge in [0.15, 0.2) is 0 Å². The molecule has 2 fully saturated rings. The molecule has 60 heavy (non-hydrogen) atoms. The summed E-state index contributed by atoms with van der Waals surface area (Å²) < 4.78 is 11.5. The highest BCUT2D eigenvalue weighted by atomic mass is 16.5. The van der Waals surface area contributed by atoms with Gasteiger partial charge in [-0.1, -0.05) is 121 Å². The van der Waals surface area contributed by atoms with Gasteiger partial charge in [0.25, 0.3) is 0 Å². The molecule has 338 valence electrons. The van der Waals surface area contributed by atoms with Crippen LogP contribution in [-0.4, -0.2) is 78.1 Å². The molecule has 1 aromatic rings. The van der Waals surface area contributed by atoms with Crippen molar-refractivity contribution in [2.75, 3.05) is 19.7 Å². The van der Waals surface area contributed by atoms with Crippen LogP contribution in [0.2, 0.25) is 0 Å². The number of benzene rings is 1. The maximum atomic E-state index is 13.7. The van der Waals surface area contributed by atoms with Gasteiger partial charge in [-0.2, -0.15) is 0 Å². The molecule has 5 atom stereocenters. The molecule has 4 amide bonds. The maximum absolute atomic E-state index is 13.7. The Hall–Kier alpha value is -3.97. The van der Waals surface area contributed by atoms with Gasteiger partial charge in [-0.3, -0.25) is 24.5 Å². The van der Waals surface area contributed by atoms with Gasteiger partial charge in [0.2, 0.25) is 23.6 Å². The summed E-state index contributed by atoms with van der Waals surface area (Å²) in [5.74, 6) is -1.94. The Balaban J connectivity index is 1.37. The number of ether oxygens (including phenoxy) is 2. The number of esters is 1. The summed E-state index contributed by atoms with van der Waals surface area (Å²) >= 11 is 0. The van der Waals surface area contributed by atoms with E-state index in [1.807, 2.05) is 6.08 Å². The number of hydrogen-bond donors (Lipinski definition) is 6. The fourth-order valence-corrected chi connectivity index (χ4v) is 7.68. The average molecular weight is 840 g/mol. The van der Waals surface area contributed by atoms with Gasteiger partial charge in [-0.25, -0.2) is 4.79 Å². The van der Waals surface area contributed by atoms with Crippen molar-refractivity contribution < 1.29 is 38.6 Å². The highest BCUT2D eigenvalue weighted by Crippen LogP contribution is 2.31. The Bertz CT molecular complexity index is 1470. The number of carbonyl (C=O) groups excluding carboxylic acids is 5. The molecule has 2 aliphatic rings. The molecule has 0 spiro atoms. The molecule has 3 rings (SSSR count). The number of phenols is 1. The van der Waals surface area contributed by atoms with Crippen molar-refractivity contribution in [2.24, 2.45) is 0 Å². The first kappa shape index (κ1) is 50.4. The van der Waals surface area contributed by atoms with E-state index < -0.39 is 47.7 Å². The van der Waals surface area contributed by atoms with E-state index in [0.29, 0.717) is 37.9 Å². The molecule has 0 bridgehead atoms. The van der Waals surface area contributed by atoms with Crippen LogP contribution in [0.5, 0.6) is 5.75 Å². The zero-order valence-corrected chi connectivity index (χ0v) is 37.0. The van der Waals surface area contributed by atoms with Crippen molar-refractivity contribution in [3.8, 4) is 5.75 Å². The molecule has 6 N–H and O–H groups in total. The molecule has 1 aromatic carbocycles. The van der Waals surface area contributed by atoms with Crippen LogP contribution in [0.1, 0.15) is 180 Å². The molecule has 2 aliphatic heterocycles. The van der Waals surface area contributed by atoms with E-state index in [1.165, 1.54) is 96.0 Å². The minimum absolute atomic E-state index is 0.0100. The van der Waals surface area contributed by atoms with Crippen LogP contribution in [0, 0.1) is 0 Å². The first-order valence-corrected chi connectivity index (χ1v) is 23.2. The van der Waals surface area contributed by atoms with Gasteiger partial charge >= 0.3 is 5.97 Å². The predicted molar refractivity (Wildman–Crippen MR) is 235 cm³/mol. The van der Waals surface area contributed by atoms with Gasteiger partial charge in [0, 0.05) is 18.7 Å². The first-order chi connectivity index (χ1) is 29.0. The zero-order valence-electron chi connectivity index (χ0n) is 37.0. The Labute approximate surface area is 359 Å². The summed E-state index contributed by atoms with van der Waals surface area (Å²) in [7, 11) is 0. The van der Waals surface area contributed by atoms with E-state index in [2.05, 4.69) is 33.5 Å². The number of carbonyl (C=O) groups is 5. The lowest BCUT2D eigenvalue weighted by molar-refractivity contribution is -0.154. The summed E-state index contributed by atoms with van der Waals surface area (Å²) in [6.45, 7) is 6.48. The van der Waals surface area contributed by atoms with Crippen molar-refractivity contribution in [3.63, 3.8) is 0 Å². The quantitative estimate of drug-likeness (QED) is 0.0260. The van der Waals surface area contributed by atoms with E-state index in [9.17, 15) is 29.1 Å². The van der Waals surface area contributed by atoms with Crippen molar-refractivity contribution in [1.29, 1.82) is 0 Å². The van der Waals surface area contributed by atoms with Crippen LogP contribution < -0.4 is 26.6 Å². The average Bonchev–Trinajstić information content (AvgIpc) is 3.52. The molecule has 13 heteroatoms. The fraction of sp³-hybridized carbons (Fsp3) is 0.723. The molecule has 0 aromatic heterocycles. The largest absolute Gasteiger partial charge is 0.508 e. The number of phenolic OH excluding ortho intramolecular Hbond substituents is 1. The standard InChI is InChI=1S/C47H77N5O8/c1-4-5-6-7-8-9-10-11-12-13-14-15-16-17-18-19-20-31-41(54)48-32-25-24-29-39(45(57)60-36(2)34-42(55)50-38-28-23-26-33-49-43(38)56)51-46(58)47(3)35-59-44(52-47)37-27-21-22-30-40(37)53/h20-22,27,30-31,36,38-39,44,52-53H,4-19,23-26,28-29,32-35H2,1-3H3,(H,48,54)(H,49,56)(H,50,55)(H,51,58)/b31-20-/t36-,38+,39+,44?,47+/m1/s1. The third-order valence-corrected chi connectivity index (χ3v) is 11.4. The number of amides is 4. The van der Waals surface area contributed by atoms with Gasteiger partial charge < -0.3 is 35.8 Å². The molecule has 0 radical (unpaired) electrons. The first-order valence-electron chi connectivity index (χ1n) is 23.2. The Kier molecular flexibility index (Phi) is 24.6. The number of hydrogen-bond acceptors (Lipinski definition) is 9. The van der Waals surface area contributed by atoms with E-state index in [4.69, 9.17) is 9.47 Å². The second kappa shape index (κ2) is 29.3. The normalized spacial score (nSPS) is 20.2. The lowest BCUT2D eigenvalue weighted by atomic mass is 10.0. The Morgan fingerprint density at radius 3 is 2.23 bits per heavy atom. The van der Waals surface area contributed by atoms with Crippen molar-refractivity contribution in [2.45, 2.75) is 198 Å². The second-order valence-corrected chi connectivity index (χ2v) is 17.0. The number of para-hydroxylation sites is 1. The van der Waals surface area contributed by atoms with Crippen LogP contribution in [0.3, 0.4) is 0 Å². The third kappa shape index (κ3) is 20.1. The molecule has 2 saturated heterocycles. The molecular formula is C47H77N5O8. The summed E-state index contributed by atoms with van der Waals surface area (Å²) in [5, 5.41) is 24.7. The fourth-order valence-electron chi connectivity index (χ4n) is 7.68. The number of unbranched alkanes of at least 4 members (excludes halogenated alkanes) is 16. The predicted octanol–water partition coefficient (Wildman–Crippen LogP) is 7.47. The highest BCUT2D eigenvalue weighted by Gasteiger charge is 2.44. The Morgan fingerprint density at radius 1 is 0.917 bits per heavy atom. The van der Waals surface area contributed by atoms with Crippen LogP contribution in [0.15, 0.2) is 36.4 Å². The number of nitrogens with one attached hydrogen (secondary N) is 5. The Morgan fingerprint density at radius 2 is 1.57 bits per heavy atom. The highest BCUT2D eigenvalue weighted by molar-refractivity contribution is 5.91. The summed E-state index contributed by atoms with van der Waals surface area (Å²) in [5.41, 5.74) is -0.733. The van der Waals surface area contributed by atoms with Crippen LogP contribution in [0.4, 0.5) is 0 Å². The van der Waals surface area contributed by atoms with E-state index >= 15 is 0 Å². The summed E-state index contributed by atoms with van der Waals surface area (Å²) in [4.78, 5) is 64.7. The second-order valence-electron chi connectivity index (χ2n) is 17.0.